The molecule has 0 amide bonds. The van der Waals surface area contributed by atoms with Crippen LogP contribution in [0.25, 0.3) is 0 Å². The van der Waals surface area contributed by atoms with Crippen LogP contribution in [0.4, 0.5) is 5.69 Å². The van der Waals surface area contributed by atoms with Crippen molar-refractivity contribution >= 4 is 25.4 Å². The smallest absolute Gasteiger partial charge is 0.131 e. The fraction of sp³-hybridized carbons (Fsp3) is 0.385. The lowest BCUT2D eigenvalue weighted by Crippen LogP contribution is -2.17. The number of aromatic nitrogens is 1. The normalized spacial score (nSPS) is 12.0. The Labute approximate surface area is 114 Å². The number of nitriles is 1. The molecule has 18 heavy (non-hydrogen) atoms. The van der Waals surface area contributed by atoms with E-state index in [1.165, 1.54) is 0 Å². The zero-order chi connectivity index (χ0) is 13.8. The minimum Gasteiger partial charge on any atom is -0.369 e. The second-order valence-corrected chi connectivity index (χ2v) is 10.2. The maximum absolute atomic E-state index is 8.83. The number of hydrogen-bond acceptors (Lipinski definition) is 3. The van der Waals surface area contributed by atoms with Crippen LogP contribution in [-0.2, 0) is 0 Å². The predicted molar refractivity (Wildman–Crippen MR) is 78.2 cm³/mol. The first-order valence-corrected chi connectivity index (χ1v) is 9.54. The maximum atomic E-state index is 8.83. The molecule has 1 aromatic rings. The fourth-order valence-electron chi connectivity index (χ4n) is 1.17. The number of rotatable bonds is 2. The van der Waals surface area contributed by atoms with Gasteiger partial charge < -0.3 is 5.32 Å². The van der Waals surface area contributed by atoms with E-state index in [0.29, 0.717) is 5.15 Å². The summed E-state index contributed by atoms with van der Waals surface area (Å²) >= 11 is 5.86. The average Bonchev–Trinajstić information content (AvgIpc) is 2.26. The Morgan fingerprint density at radius 2 is 2.11 bits per heavy atom. The van der Waals surface area contributed by atoms with Gasteiger partial charge in [-0.25, -0.2) is 4.98 Å². The molecular weight excluding hydrogens is 262 g/mol. The van der Waals surface area contributed by atoms with Gasteiger partial charge in [0, 0.05) is 6.20 Å². The molecule has 0 unspecified atom stereocenters. The molecule has 0 bridgehead atoms. The highest BCUT2D eigenvalue weighted by atomic mass is 35.5. The van der Waals surface area contributed by atoms with Gasteiger partial charge in [0.2, 0.25) is 0 Å². The van der Waals surface area contributed by atoms with Gasteiger partial charge in [0.1, 0.15) is 19.3 Å². The predicted octanol–water partition coefficient (Wildman–Crippen LogP) is 3.29. The van der Waals surface area contributed by atoms with Gasteiger partial charge >= 0.3 is 0 Å². The summed E-state index contributed by atoms with van der Waals surface area (Å²) in [6, 6.07) is 3.52. The van der Waals surface area contributed by atoms with E-state index in [1.54, 1.807) is 19.2 Å². The summed E-state index contributed by atoms with van der Waals surface area (Å²) in [5.74, 6) is 3.13. The van der Waals surface area contributed by atoms with Crippen molar-refractivity contribution in [2.45, 2.75) is 32.6 Å². The largest absolute Gasteiger partial charge is 0.369 e. The minimum absolute atomic E-state index is 0.295. The molecule has 0 saturated carbocycles. The SMILES string of the molecule is C[C@H](C#N)Nc1cc(Cl)ncc1C#C[Si](C)(C)C. The van der Waals surface area contributed by atoms with Crippen molar-refractivity contribution in [1.82, 2.24) is 4.98 Å². The topological polar surface area (TPSA) is 48.7 Å². The highest BCUT2D eigenvalue weighted by molar-refractivity contribution is 6.83. The van der Waals surface area contributed by atoms with Crippen molar-refractivity contribution in [2.75, 3.05) is 5.32 Å². The molecule has 0 saturated heterocycles. The zero-order valence-electron chi connectivity index (χ0n) is 11.0. The Morgan fingerprint density at radius 1 is 1.44 bits per heavy atom. The number of anilines is 1. The van der Waals surface area contributed by atoms with E-state index in [4.69, 9.17) is 16.9 Å². The summed E-state index contributed by atoms with van der Waals surface area (Å²) in [5, 5.41) is 12.3. The average molecular weight is 278 g/mol. The van der Waals surface area contributed by atoms with E-state index in [-0.39, 0.29) is 6.04 Å². The summed E-state index contributed by atoms with van der Waals surface area (Å²) in [4.78, 5) is 4.03. The van der Waals surface area contributed by atoms with Gasteiger partial charge in [0.05, 0.1) is 17.3 Å². The molecule has 0 fully saturated rings. The molecular formula is C13H16ClN3Si. The molecule has 94 valence electrons. The van der Waals surface area contributed by atoms with Crippen LogP contribution in [0.2, 0.25) is 24.8 Å². The Kier molecular flexibility index (Phi) is 4.78. The summed E-state index contributed by atoms with van der Waals surface area (Å²) in [5.41, 5.74) is 4.81. The molecule has 0 radical (unpaired) electrons. The fourth-order valence-corrected chi connectivity index (χ4v) is 1.84. The van der Waals surface area contributed by atoms with Gasteiger partial charge in [0.25, 0.3) is 0 Å². The quantitative estimate of drug-likeness (QED) is 0.513. The number of nitrogens with zero attached hydrogens (tertiary/aromatic N) is 2. The highest BCUT2D eigenvalue weighted by Gasteiger charge is 2.09. The van der Waals surface area contributed by atoms with Crippen LogP contribution >= 0.6 is 11.6 Å². The standard InChI is InChI=1S/C13H16ClN3Si/c1-10(8-15)17-12-7-13(14)16-9-11(12)5-6-18(2,3)4/h7,9-10H,1-4H3,(H,16,17)/t10-/m1/s1. The van der Waals surface area contributed by atoms with Crippen molar-refractivity contribution in [2.24, 2.45) is 0 Å². The molecule has 0 aliphatic carbocycles. The van der Waals surface area contributed by atoms with Crippen LogP contribution in [0.5, 0.6) is 0 Å². The van der Waals surface area contributed by atoms with Crippen LogP contribution in [-0.4, -0.2) is 19.1 Å². The molecule has 1 rings (SSSR count). The Hall–Kier alpha value is -1.49. The lowest BCUT2D eigenvalue weighted by Gasteiger charge is -2.10. The monoisotopic (exact) mass is 277 g/mol. The van der Waals surface area contributed by atoms with Gasteiger partial charge in [0.15, 0.2) is 0 Å². The first kappa shape index (κ1) is 14.6. The number of pyridine rings is 1. The zero-order valence-corrected chi connectivity index (χ0v) is 12.8. The molecule has 0 aromatic carbocycles. The van der Waals surface area contributed by atoms with E-state index in [2.05, 4.69) is 47.5 Å². The van der Waals surface area contributed by atoms with Gasteiger partial charge in [-0.2, -0.15) is 5.26 Å². The van der Waals surface area contributed by atoms with Gasteiger partial charge in [-0.15, -0.1) is 5.54 Å². The molecule has 3 nitrogen and oxygen atoms in total. The summed E-state index contributed by atoms with van der Waals surface area (Å²) in [6.45, 7) is 8.31. The van der Waals surface area contributed by atoms with Crippen molar-refractivity contribution in [1.29, 1.82) is 5.26 Å². The van der Waals surface area contributed by atoms with Crippen LogP contribution < -0.4 is 5.32 Å². The first-order valence-electron chi connectivity index (χ1n) is 5.67. The maximum Gasteiger partial charge on any atom is 0.131 e. The van der Waals surface area contributed by atoms with Gasteiger partial charge in [-0.3, -0.25) is 0 Å². The lowest BCUT2D eigenvalue weighted by atomic mass is 10.2. The second kappa shape index (κ2) is 5.91. The minimum atomic E-state index is -1.44. The number of nitrogens with one attached hydrogen (secondary N) is 1. The van der Waals surface area contributed by atoms with Crippen LogP contribution in [0.15, 0.2) is 12.3 Å². The molecule has 5 heteroatoms. The van der Waals surface area contributed by atoms with E-state index in [0.717, 1.165) is 11.3 Å². The van der Waals surface area contributed by atoms with Crippen LogP contribution in [0.1, 0.15) is 12.5 Å². The number of hydrogen-bond donors (Lipinski definition) is 1. The van der Waals surface area contributed by atoms with Gasteiger partial charge in [-0.1, -0.05) is 37.2 Å². The van der Waals surface area contributed by atoms with Crippen molar-refractivity contribution in [3.8, 4) is 17.5 Å². The van der Waals surface area contributed by atoms with E-state index in [9.17, 15) is 0 Å². The van der Waals surface area contributed by atoms with E-state index < -0.39 is 8.07 Å². The lowest BCUT2D eigenvalue weighted by molar-refractivity contribution is 1.01. The van der Waals surface area contributed by atoms with Crippen molar-refractivity contribution in [3.63, 3.8) is 0 Å². The summed E-state index contributed by atoms with van der Waals surface area (Å²) in [6.07, 6.45) is 1.64. The van der Waals surface area contributed by atoms with E-state index in [1.807, 2.05) is 0 Å². The molecule has 0 spiro atoms. The highest BCUT2D eigenvalue weighted by Crippen LogP contribution is 2.19. The Bertz CT molecular complexity index is 532. The molecule has 1 N–H and O–H groups in total. The van der Waals surface area contributed by atoms with Gasteiger partial charge in [-0.05, 0) is 13.0 Å². The summed E-state index contributed by atoms with van der Waals surface area (Å²) < 4.78 is 0. The van der Waals surface area contributed by atoms with Crippen molar-refractivity contribution < 1.29 is 0 Å². The molecule has 1 aromatic heterocycles. The molecule has 1 atom stereocenters. The second-order valence-electron chi connectivity index (χ2n) is 5.05. The third-order valence-electron chi connectivity index (χ3n) is 2.01. The Balaban J connectivity index is 3.11. The van der Waals surface area contributed by atoms with Crippen molar-refractivity contribution in [3.05, 3.63) is 23.0 Å². The third-order valence-corrected chi connectivity index (χ3v) is 3.09. The Morgan fingerprint density at radius 3 is 2.67 bits per heavy atom. The molecule has 0 aliphatic heterocycles. The first-order chi connectivity index (χ1) is 8.31. The molecule has 0 aliphatic rings. The molecule has 1 heterocycles. The van der Waals surface area contributed by atoms with Crippen LogP contribution in [0, 0.1) is 22.8 Å². The number of halogens is 1. The van der Waals surface area contributed by atoms with E-state index >= 15 is 0 Å². The summed E-state index contributed by atoms with van der Waals surface area (Å²) in [7, 11) is -1.44. The van der Waals surface area contributed by atoms with Crippen LogP contribution in [0.3, 0.4) is 0 Å². The third kappa shape index (κ3) is 4.79.